The summed E-state index contributed by atoms with van der Waals surface area (Å²) in [7, 11) is 0. The quantitative estimate of drug-likeness (QED) is 0.329. The van der Waals surface area contributed by atoms with Crippen molar-refractivity contribution >= 4 is 23.6 Å². The van der Waals surface area contributed by atoms with Gasteiger partial charge in [-0.05, 0) is 6.92 Å². The topological polar surface area (TPSA) is 116 Å². The summed E-state index contributed by atoms with van der Waals surface area (Å²) in [5.41, 5.74) is 4.65. The molecule has 1 rings (SSSR count). The molecular formula is C8H16ClNO5S. The van der Waals surface area contributed by atoms with Gasteiger partial charge in [-0.15, -0.1) is 11.6 Å². The first-order valence-corrected chi connectivity index (χ1v) is 6.07. The van der Waals surface area contributed by atoms with E-state index in [1.165, 1.54) is 0 Å². The van der Waals surface area contributed by atoms with Crippen molar-refractivity contribution < 1.29 is 24.6 Å². The molecule has 0 bridgehead atoms. The van der Waals surface area contributed by atoms with Crippen LogP contribution >= 0.6 is 23.6 Å². The standard InChI is InChI=1S/C8H16ClNO5S/c1-2(9)3(10)7-5(12)4(11)6(13)8(15-7)16-14/h2-8,11-14H,10H2,1H3/t2-,3+,4+,5?,6+,7+,8?/m0/s1. The van der Waals surface area contributed by atoms with E-state index in [4.69, 9.17) is 26.6 Å². The van der Waals surface area contributed by atoms with Crippen LogP contribution in [0.1, 0.15) is 6.92 Å². The Morgan fingerprint density at radius 1 is 1.25 bits per heavy atom. The SMILES string of the molecule is C[C@H](Cl)[C@@H](N)[C@H]1OC(SO)[C@H](O)[C@H](O)C1O. The number of nitrogens with two attached hydrogens (primary N) is 1. The third-order valence-corrected chi connectivity index (χ3v) is 3.51. The van der Waals surface area contributed by atoms with Crippen molar-refractivity contribution in [3.63, 3.8) is 0 Å². The lowest BCUT2D eigenvalue weighted by Crippen LogP contribution is -2.62. The number of halogens is 1. The van der Waals surface area contributed by atoms with Crippen LogP contribution in [0, 0.1) is 0 Å². The summed E-state index contributed by atoms with van der Waals surface area (Å²) in [4.78, 5) is 0. The molecule has 2 unspecified atom stereocenters. The molecule has 1 fully saturated rings. The zero-order valence-corrected chi connectivity index (χ0v) is 10.2. The van der Waals surface area contributed by atoms with Crippen LogP contribution in [0.5, 0.6) is 0 Å². The third-order valence-electron chi connectivity index (χ3n) is 2.62. The highest BCUT2D eigenvalue weighted by Gasteiger charge is 2.46. The van der Waals surface area contributed by atoms with Crippen LogP contribution < -0.4 is 5.73 Å². The zero-order valence-electron chi connectivity index (χ0n) is 8.60. The fraction of sp³-hybridized carbons (Fsp3) is 1.00. The molecule has 1 heterocycles. The highest BCUT2D eigenvalue weighted by Crippen LogP contribution is 2.29. The third kappa shape index (κ3) is 2.80. The van der Waals surface area contributed by atoms with E-state index in [1.54, 1.807) is 6.92 Å². The van der Waals surface area contributed by atoms with Gasteiger partial charge in [0.05, 0.1) is 0 Å². The minimum Gasteiger partial charge on any atom is -0.388 e. The average Bonchev–Trinajstić information content (AvgIpc) is 2.25. The van der Waals surface area contributed by atoms with Gasteiger partial charge in [0, 0.05) is 23.5 Å². The molecule has 7 atom stereocenters. The number of rotatable bonds is 3. The van der Waals surface area contributed by atoms with Crippen LogP contribution in [0.25, 0.3) is 0 Å². The summed E-state index contributed by atoms with van der Waals surface area (Å²) >= 11 is 6.02. The Morgan fingerprint density at radius 3 is 2.25 bits per heavy atom. The van der Waals surface area contributed by atoms with Crippen molar-refractivity contribution in [1.82, 2.24) is 0 Å². The first-order valence-electron chi connectivity index (χ1n) is 4.79. The Bertz CT molecular complexity index is 232. The maximum atomic E-state index is 9.68. The predicted molar refractivity (Wildman–Crippen MR) is 60.2 cm³/mol. The molecule has 1 saturated heterocycles. The van der Waals surface area contributed by atoms with Crippen molar-refractivity contribution in [2.24, 2.45) is 5.73 Å². The first-order chi connectivity index (χ1) is 7.40. The molecule has 0 amide bonds. The number of aliphatic hydroxyl groups is 3. The molecule has 1 aliphatic heterocycles. The Hall–Kier alpha value is 0.400. The van der Waals surface area contributed by atoms with Crippen LogP contribution in [0.3, 0.4) is 0 Å². The molecule has 96 valence electrons. The Kier molecular flexibility index (Phi) is 5.27. The molecule has 0 spiro atoms. The van der Waals surface area contributed by atoms with E-state index in [0.29, 0.717) is 0 Å². The van der Waals surface area contributed by atoms with Crippen LogP contribution in [-0.4, -0.2) is 61.1 Å². The second-order valence-corrected chi connectivity index (χ2v) is 5.17. The van der Waals surface area contributed by atoms with Gasteiger partial charge < -0.3 is 30.3 Å². The van der Waals surface area contributed by atoms with E-state index in [0.717, 1.165) is 0 Å². The van der Waals surface area contributed by atoms with E-state index < -0.39 is 41.3 Å². The zero-order chi connectivity index (χ0) is 12.5. The van der Waals surface area contributed by atoms with Crippen molar-refractivity contribution in [2.45, 2.75) is 48.2 Å². The van der Waals surface area contributed by atoms with E-state index in [9.17, 15) is 15.3 Å². The number of aliphatic hydroxyl groups excluding tert-OH is 3. The normalized spacial score (nSPS) is 44.1. The molecular weight excluding hydrogens is 258 g/mol. The molecule has 0 saturated carbocycles. The maximum absolute atomic E-state index is 9.68. The largest absolute Gasteiger partial charge is 0.388 e. The van der Waals surface area contributed by atoms with E-state index >= 15 is 0 Å². The van der Waals surface area contributed by atoms with Gasteiger partial charge in [-0.3, -0.25) is 0 Å². The van der Waals surface area contributed by atoms with Gasteiger partial charge in [0.15, 0.2) is 5.44 Å². The maximum Gasteiger partial charge on any atom is 0.157 e. The lowest BCUT2D eigenvalue weighted by Gasteiger charge is -2.42. The van der Waals surface area contributed by atoms with E-state index in [-0.39, 0.29) is 12.0 Å². The Morgan fingerprint density at radius 2 is 1.81 bits per heavy atom. The first kappa shape index (κ1) is 14.5. The van der Waals surface area contributed by atoms with Gasteiger partial charge >= 0.3 is 0 Å². The molecule has 16 heavy (non-hydrogen) atoms. The Balaban J connectivity index is 2.78. The molecule has 0 aromatic heterocycles. The summed E-state index contributed by atoms with van der Waals surface area (Å²) in [6.45, 7) is 1.63. The molecule has 8 heteroatoms. The molecule has 0 aliphatic carbocycles. The highest BCUT2D eigenvalue weighted by atomic mass is 35.5. The van der Waals surface area contributed by atoms with E-state index in [2.05, 4.69) is 0 Å². The fourth-order valence-corrected chi connectivity index (χ4v) is 2.15. The van der Waals surface area contributed by atoms with Gasteiger partial charge in [0.1, 0.15) is 24.4 Å². The number of hydrogen-bond donors (Lipinski definition) is 5. The lowest BCUT2D eigenvalue weighted by molar-refractivity contribution is -0.203. The van der Waals surface area contributed by atoms with Gasteiger partial charge in [-0.2, -0.15) is 0 Å². The van der Waals surface area contributed by atoms with Gasteiger partial charge in [0.2, 0.25) is 0 Å². The summed E-state index contributed by atoms with van der Waals surface area (Å²) < 4.78 is 14.1. The summed E-state index contributed by atoms with van der Waals surface area (Å²) in [6.07, 6.45) is -5.07. The summed E-state index contributed by atoms with van der Waals surface area (Å²) in [5.74, 6) is 0. The molecule has 6 nitrogen and oxygen atoms in total. The van der Waals surface area contributed by atoms with Gasteiger partial charge in [-0.25, -0.2) is 0 Å². The van der Waals surface area contributed by atoms with Crippen molar-refractivity contribution in [2.75, 3.05) is 0 Å². The van der Waals surface area contributed by atoms with Crippen LogP contribution in [-0.2, 0) is 4.74 Å². The van der Waals surface area contributed by atoms with Crippen molar-refractivity contribution in [1.29, 1.82) is 0 Å². The fourth-order valence-electron chi connectivity index (χ4n) is 1.54. The molecule has 0 aromatic carbocycles. The second kappa shape index (κ2) is 5.83. The Labute approximate surface area is 103 Å². The van der Waals surface area contributed by atoms with Crippen molar-refractivity contribution in [3.05, 3.63) is 0 Å². The predicted octanol–water partition coefficient (Wildman–Crippen LogP) is -1.05. The van der Waals surface area contributed by atoms with Crippen molar-refractivity contribution in [3.8, 4) is 0 Å². The average molecular weight is 274 g/mol. The number of alkyl halides is 1. The van der Waals surface area contributed by atoms with Crippen LogP contribution in [0.4, 0.5) is 0 Å². The summed E-state index contributed by atoms with van der Waals surface area (Å²) in [6, 6.07) is -0.714. The summed E-state index contributed by atoms with van der Waals surface area (Å²) in [5, 5.41) is 28.2. The highest BCUT2D eigenvalue weighted by molar-refractivity contribution is 7.94. The monoisotopic (exact) mass is 273 g/mol. The number of hydrogen-bond acceptors (Lipinski definition) is 7. The second-order valence-electron chi connectivity index (χ2n) is 3.80. The molecule has 0 aromatic rings. The smallest absolute Gasteiger partial charge is 0.157 e. The minimum absolute atomic E-state index is 0.251. The van der Waals surface area contributed by atoms with Gasteiger partial charge in [0.25, 0.3) is 0 Å². The molecule has 6 N–H and O–H groups in total. The van der Waals surface area contributed by atoms with Crippen LogP contribution in [0.2, 0.25) is 0 Å². The van der Waals surface area contributed by atoms with E-state index in [1.807, 2.05) is 0 Å². The van der Waals surface area contributed by atoms with Gasteiger partial charge in [-0.1, -0.05) is 0 Å². The molecule has 0 radical (unpaired) electrons. The number of ether oxygens (including phenoxy) is 1. The van der Waals surface area contributed by atoms with Crippen LogP contribution in [0.15, 0.2) is 0 Å². The lowest BCUT2D eigenvalue weighted by atomic mass is 9.94. The minimum atomic E-state index is -1.43. The molecule has 1 aliphatic rings.